The van der Waals surface area contributed by atoms with E-state index in [0.717, 1.165) is 32.4 Å². The molecule has 0 aromatic heterocycles. The number of aliphatic hydroxyl groups is 1. The summed E-state index contributed by atoms with van der Waals surface area (Å²) in [5, 5.41) is 13.3. The predicted octanol–water partition coefficient (Wildman–Crippen LogP) is 2.74. The van der Waals surface area contributed by atoms with E-state index in [1.165, 1.54) is 32.1 Å². The van der Waals surface area contributed by atoms with Crippen molar-refractivity contribution in [2.75, 3.05) is 33.4 Å². The number of hydrogen-bond acceptors (Lipinski definition) is 4. The number of methoxy groups -OCH3 is 1. The number of ether oxygens (including phenoxy) is 2. The fraction of sp³-hybridized carbons (Fsp3) is 1.00. The van der Waals surface area contributed by atoms with Gasteiger partial charge in [-0.3, -0.25) is 0 Å². The van der Waals surface area contributed by atoms with Crippen molar-refractivity contribution >= 4 is 0 Å². The minimum atomic E-state index is -0.386. The Balaban J connectivity index is 1.99. The van der Waals surface area contributed by atoms with E-state index in [1.807, 2.05) is 0 Å². The minimum Gasteiger partial charge on any atom is -0.389 e. The van der Waals surface area contributed by atoms with E-state index in [9.17, 15) is 5.11 Å². The first kappa shape index (κ1) is 18.9. The van der Waals surface area contributed by atoms with E-state index in [4.69, 9.17) is 9.47 Å². The highest BCUT2D eigenvalue weighted by molar-refractivity contribution is 4.75. The molecule has 1 saturated carbocycles. The van der Waals surface area contributed by atoms with Gasteiger partial charge in [-0.05, 0) is 44.6 Å². The molecular formula is C17H35NO3. The van der Waals surface area contributed by atoms with Crippen molar-refractivity contribution in [1.82, 2.24) is 5.32 Å². The zero-order valence-electron chi connectivity index (χ0n) is 14.0. The number of aliphatic hydroxyl groups excluding tert-OH is 1. The standard InChI is InChI=1S/C17H35NO3/c1-3-15-9-5-6-10-17(15)21-14-16(19)13-18-11-7-4-8-12-20-2/h15-19H,3-14H2,1-2H3. The molecule has 0 heterocycles. The summed E-state index contributed by atoms with van der Waals surface area (Å²) in [4.78, 5) is 0. The maximum absolute atomic E-state index is 9.97. The lowest BCUT2D eigenvalue weighted by Gasteiger charge is -2.31. The molecule has 4 heteroatoms. The SMILES string of the molecule is CCC1CCCCC1OCC(O)CNCCCCCOC. The van der Waals surface area contributed by atoms with Crippen LogP contribution in [0.4, 0.5) is 0 Å². The van der Waals surface area contributed by atoms with Crippen LogP contribution in [0.5, 0.6) is 0 Å². The van der Waals surface area contributed by atoms with E-state index in [-0.39, 0.29) is 6.10 Å². The van der Waals surface area contributed by atoms with Gasteiger partial charge < -0.3 is 19.9 Å². The highest BCUT2D eigenvalue weighted by Gasteiger charge is 2.24. The first-order chi connectivity index (χ1) is 10.3. The first-order valence-electron chi connectivity index (χ1n) is 8.77. The van der Waals surface area contributed by atoms with Gasteiger partial charge in [0.1, 0.15) is 0 Å². The van der Waals surface area contributed by atoms with Crippen LogP contribution in [0.1, 0.15) is 58.3 Å². The van der Waals surface area contributed by atoms with Gasteiger partial charge in [-0.25, -0.2) is 0 Å². The molecule has 0 aromatic rings. The lowest BCUT2D eigenvalue weighted by molar-refractivity contribution is -0.0498. The second-order valence-electron chi connectivity index (χ2n) is 6.24. The zero-order chi connectivity index (χ0) is 15.3. The average molecular weight is 301 g/mol. The molecule has 0 radical (unpaired) electrons. The molecule has 0 aliphatic heterocycles. The van der Waals surface area contributed by atoms with Crippen LogP contribution in [-0.2, 0) is 9.47 Å². The van der Waals surface area contributed by atoms with Gasteiger partial charge in [-0.2, -0.15) is 0 Å². The van der Waals surface area contributed by atoms with E-state index < -0.39 is 0 Å². The Morgan fingerprint density at radius 2 is 2.00 bits per heavy atom. The summed E-state index contributed by atoms with van der Waals surface area (Å²) in [6, 6.07) is 0. The molecule has 0 spiro atoms. The molecule has 4 nitrogen and oxygen atoms in total. The summed E-state index contributed by atoms with van der Waals surface area (Å²) < 4.78 is 11.0. The molecule has 2 N–H and O–H groups in total. The van der Waals surface area contributed by atoms with Crippen molar-refractivity contribution in [1.29, 1.82) is 0 Å². The third-order valence-electron chi connectivity index (χ3n) is 4.45. The van der Waals surface area contributed by atoms with Crippen molar-refractivity contribution < 1.29 is 14.6 Å². The van der Waals surface area contributed by atoms with Gasteiger partial charge in [0.25, 0.3) is 0 Å². The quantitative estimate of drug-likeness (QED) is 0.544. The highest BCUT2D eigenvalue weighted by Crippen LogP contribution is 2.29. The van der Waals surface area contributed by atoms with Crippen LogP contribution in [0.15, 0.2) is 0 Å². The Bertz CT molecular complexity index is 238. The van der Waals surface area contributed by atoms with Gasteiger partial charge in [-0.1, -0.05) is 26.2 Å². The largest absolute Gasteiger partial charge is 0.389 e. The summed E-state index contributed by atoms with van der Waals surface area (Å²) in [6.07, 6.45) is 9.67. The maximum atomic E-state index is 9.97. The smallest absolute Gasteiger partial charge is 0.0897 e. The van der Waals surface area contributed by atoms with Crippen LogP contribution >= 0.6 is 0 Å². The van der Waals surface area contributed by atoms with Crippen molar-refractivity contribution in [3.8, 4) is 0 Å². The number of nitrogens with one attached hydrogen (secondary N) is 1. The fourth-order valence-corrected chi connectivity index (χ4v) is 3.10. The third kappa shape index (κ3) is 8.77. The second-order valence-corrected chi connectivity index (χ2v) is 6.24. The van der Waals surface area contributed by atoms with Crippen LogP contribution in [0.3, 0.4) is 0 Å². The predicted molar refractivity (Wildman–Crippen MR) is 86.6 cm³/mol. The molecule has 1 aliphatic carbocycles. The monoisotopic (exact) mass is 301 g/mol. The summed E-state index contributed by atoms with van der Waals surface area (Å²) in [6.45, 7) is 5.15. The zero-order valence-corrected chi connectivity index (χ0v) is 14.0. The first-order valence-corrected chi connectivity index (χ1v) is 8.77. The van der Waals surface area contributed by atoms with Gasteiger partial charge in [0, 0.05) is 20.3 Å². The molecule has 3 atom stereocenters. The van der Waals surface area contributed by atoms with Gasteiger partial charge in [0.05, 0.1) is 18.8 Å². The second kappa shape index (κ2) is 12.4. The van der Waals surface area contributed by atoms with Gasteiger partial charge in [-0.15, -0.1) is 0 Å². The van der Waals surface area contributed by atoms with Crippen LogP contribution in [-0.4, -0.2) is 50.7 Å². The minimum absolute atomic E-state index is 0.368. The van der Waals surface area contributed by atoms with E-state index >= 15 is 0 Å². The molecule has 0 aromatic carbocycles. The normalized spacial score (nSPS) is 24.1. The lowest BCUT2D eigenvalue weighted by Crippen LogP contribution is -2.35. The van der Waals surface area contributed by atoms with Crippen molar-refractivity contribution in [3.63, 3.8) is 0 Å². The molecule has 0 bridgehead atoms. The Hall–Kier alpha value is -0.160. The molecular weight excluding hydrogens is 266 g/mol. The Morgan fingerprint density at radius 1 is 1.19 bits per heavy atom. The van der Waals surface area contributed by atoms with Crippen molar-refractivity contribution in [2.45, 2.75) is 70.5 Å². The molecule has 0 amide bonds. The molecule has 3 unspecified atom stereocenters. The fourth-order valence-electron chi connectivity index (χ4n) is 3.10. The molecule has 126 valence electrons. The van der Waals surface area contributed by atoms with E-state index in [1.54, 1.807) is 7.11 Å². The van der Waals surface area contributed by atoms with Crippen LogP contribution in [0, 0.1) is 5.92 Å². The van der Waals surface area contributed by atoms with Gasteiger partial charge in [0.2, 0.25) is 0 Å². The van der Waals surface area contributed by atoms with Gasteiger partial charge >= 0.3 is 0 Å². The summed E-state index contributed by atoms with van der Waals surface area (Å²) in [7, 11) is 1.74. The average Bonchev–Trinajstić information content (AvgIpc) is 2.52. The molecule has 1 rings (SSSR count). The van der Waals surface area contributed by atoms with Crippen LogP contribution in [0.2, 0.25) is 0 Å². The van der Waals surface area contributed by atoms with Crippen LogP contribution in [0.25, 0.3) is 0 Å². The van der Waals surface area contributed by atoms with Crippen molar-refractivity contribution in [3.05, 3.63) is 0 Å². The van der Waals surface area contributed by atoms with Crippen molar-refractivity contribution in [2.24, 2.45) is 5.92 Å². The van der Waals surface area contributed by atoms with Gasteiger partial charge in [0.15, 0.2) is 0 Å². The topological polar surface area (TPSA) is 50.7 Å². The van der Waals surface area contributed by atoms with E-state index in [2.05, 4.69) is 12.2 Å². The number of hydrogen-bond donors (Lipinski definition) is 2. The Labute approximate surface area is 130 Å². The number of rotatable bonds is 12. The maximum Gasteiger partial charge on any atom is 0.0897 e. The molecule has 0 saturated heterocycles. The number of unbranched alkanes of at least 4 members (excludes halogenated alkanes) is 2. The molecule has 21 heavy (non-hydrogen) atoms. The molecule has 1 fully saturated rings. The molecule has 1 aliphatic rings. The van der Waals surface area contributed by atoms with E-state index in [0.29, 0.717) is 25.2 Å². The Morgan fingerprint density at radius 3 is 2.76 bits per heavy atom. The summed E-state index contributed by atoms with van der Waals surface area (Å²) >= 11 is 0. The Kier molecular flexibility index (Phi) is 11.1. The lowest BCUT2D eigenvalue weighted by atomic mass is 9.85. The third-order valence-corrected chi connectivity index (χ3v) is 4.45. The van der Waals surface area contributed by atoms with Crippen LogP contribution < -0.4 is 5.32 Å². The summed E-state index contributed by atoms with van der Waals surface area (Å²) in [5.74, 6) is 0.694. The summed E-state index contributed by atoms with van der Waals surface area (Å²) in [5.41, 5.74) is 0. The highest BCUT2D eigenvalue weighted by atomic mass is 16.5.